The zero-order valence-corrected chi connectivity index (χ0v) is 15.3. The molecule has 0 N–H and O–H groups in total. The molecule has 0 bridgehead atoms. The summed E-state index contributed by atoms with van der Waals surface area (Å²) in [5.41, 5.74) is 1.30. The third-order valence-electron chi connectivity index (χ3n) is 4.34. The van der Waals surface area contributed by atoms with Crippen LogP contribution in [-0.4, -0.2) is 13.7 Å². The van der Waals surface area contributed by atoms with Crippen molar-refractivity contribution < 1.29 is 13.9 Å². The minimum atomic E-state index is -0.0867. The SMILES string of the molecule is CCCCCCOc1ccc(-c2cc(=O)c3cc(OC)ccc3o2)cc1. The van der Waals surface area contributed by atoms with E-state index in [0.717, 1.165) is 24.3 Å². The number of methoxy groups -OCH3 is 1. The van der Waals surface area contributed by atoms with Crippen molar-refractivity contribution in [2.45, 2.75) is 32.6 Å². The van der Waals surface area contributed by atoms with E-state index in [-0.39, 0.29) is 5.43 Å². The average Bonchev–Trinajstić information content (AvgIpc) is 2.68. The van der Waals surface area contributed by atoms with Crippen LogP contribution >= 0.6 is 0 Å². The van der Waals surface area contributed by atoms with E-state index in [1.807, 2.05) is 24.3 Å². The Labute approximate surface area is 153 Å². The lowest BCUT2D eigenvalue weighted by molar-refractivity contribution is 0.305. The average molecular weight is 352 g/mol. The lowest BCUT2D eigenvalue weighted by atomic mass is 10.1. The Balaban J connectivity index is 1.75. The van der Waals surface area contributed by atoms with Crippen molar-refractivity contribution in [1.29, 1.82) is 0 Å². The van der Waals surface area contributed by atoms with Crippen molar-refractivity contribution >= 4 is 11.0 Å². The van der Waals surface area contributed by atoms with Gasteiger partial charge in [-0.3, -0.25) is 4.79 Å². The summed E-state index contributed by atoms with van der Waals surface area (Å²) < 4.78 is 16.8. The summed E-state index contributed by atoms with van der Waals surface area (Å²) in [7, 11) is 1.57. The summed E-state index contributed by atoms with van der Waals surface area (Å²) in [5.74, 6) is 2.01. The van der Waals surface area contributed by atoms with Crippen molar-refractivity contribution in [1.82, 2.24) is 0 Å². The Kier molecular flexibility index (Phi) is 5.95. The van der Waals surface area contributed by atoms with Crippen LogP contribution in [0.25, 0.3) is 22.3 Å². The van der Waals surface area contributed by atoms with Crippen LogP contribution in [0, 0.1) is 0 Å². The van der Waals surface area contributed by atoms with Gasteiger partial charge in [-0.2, -0.15) is 0 Å². The molecule has 26 heavy (non-hydrogen) atoms. The van der Waals surface area contributed by atoms with Gasteiger partial charge in [0.25, 0.3) is 0 Å². The third kappa shape index (κ3) is 4.26. The minimum Gasteiger partial charge on any atom is -0.497 e. The van der Waals surface area contributed by atoms with Gasteiger partial charge in [0.05, 0.1) is 19.1 Å². The third-order valence-corrected chi connectivity index (χ3v) is 4.34. The van der Waals surface area contributed by atoms with Crippen LogP contribution in [0.4, 0.5) is 0 Å². The van der Waals surface area contributed by atoms with Gasteiger partial charge in [0.15, 0.2) is 5.43 Å². The molecule has 0 aliphatic heterocycles. The molecule has 4 nitrogen and oxygen atoms in total. The van der Waals surface area contributed by atoms with E-state index in [0.29, 0.717) is 22.5 Å². The van der Waals surface area contributed by atoms with Gasteiger partial charge in [-0.25, -0.2) is 0 Å². The highest BCUT2D eigenvalue weighted by atomic mass is 16.5. The van der Waals surface area contributed by atoms with Crippen LogP contribution in [0.1, 0.15) is 32.6 Å². The van der Waals surface area contributed by atoms with Gasteiger partial charge < -0.3 is 13.9 Å². The van der Waals surface area contributed by atoms with Gasteiger partial charge in [0.1, 0.15) is 22.8 Å². The molecule has 0 saturated carbocycles. The van der Waals surface area contributed by atoms with Gasteiger partial charge in [-0.1, -0.05) is 26.2 Å². The fourth-order valence-corrected chi connectivity index (χ4v) is 2.84. The Morgan fingerprint density at radius 3 is 2.42 bits per heavy atom. The molecular weight excluding hydrogens is 328 g/mol. The van der Waals surface area contributed by atoms with Crippen LogP contribution in [0.3, 0.4) is 0 Å². The maximum atomic E-state index is 12.4. The van der Waals surface area contributed by atoms with Gasteiger partial charge in [-0.05, 0) is 48.9 Å². The zero-order valence-electron chi connectivity index (χ0n) is 15.3. The van der Waals surface area contributed by atoms with Crippen molar-refractivity contribution in [2.24, 2.45) is 0 Å². The van der Waals surface area contributed by atoms with E-state index in [9.17, 15) is 4.79 Å². The van der Waals surface area contributed by atoms with Crippen molar-refractivity contribution in [3.63, 3.8) is 0 Å². The molecule has 0 aliphatic carbocycles. The molecular formula is C22H24O4. The summed E-state index contributed by atoms with van der Waals surface area (Å²) >= 11 is 0. The highest BCUT2D eigenvalue weighted by molar-refractivity contribution is 5.80. The van der Waals surface area contributed by atoms with Crippen LogP contribution in [0.2, 0.25) is 0 Å². The van der Waals surface area contributed by atoms with Gasteiger partial charge in [-0.15, -0.1) is 0 Å². The first-order valence-electron chi connectivity index (χ1n) is 9.06. The van der Waals surface area contributed by atoms with Crippen molar-refractivity contribution in [3.8, 4) is 22.8 Å². The molecule has 0 amide bonds. The van der Waals surface area contributed by atoms with E-state index in [4.69, 9.17) is 13.9 Å². The molecule has 2 aromatic carbocycles. The molecule has 136 valence electrons. The van der Waals surface area contributed by atoms with E-state index < -0.39 is 0 Å². The number of hydrogen-bond donors (Lipinski definition) is 0. The lowest BCUT2D eigenvalue weighted by Crippen LogP contribution is -2.01. The standard InChI is InChI=1S/C22H24O4/c1-3-4-5-6-13-25-17-9-7-16(8-10-17)22-15-20(23)19-14-18(24-2)11-12-21(19)26-22/h7-12,14-15H,3-6,13H2,1-2H3. The van der Waals surface area contributed by atoms with E-state index in [1.165, 1.54) is 25.3 Å². The predicted octanol–water partition coefficient (Wildman–Crippen LogP) is 5.43. The molecule has 3 rings (SSSR count). The molecule has 0 atom stereocenters. The number of rotatable bonds is 8. The first-order chi connectivity index (χ1) is 12.7. The Morgan fingerprint density at radius 1 is 0.923 bits per heavy atom. The second-order valence-electron chi connectivity index (χ2n) is 6.27. The van der Waals surface area contributed by atoms with Crippen molar-refractivity contribution in [2.75, 3.05) is 13.7 Å². The maximum absolute atomic E-state index is 12.4. The molecule has 0 saturated heterocycles. The second-order valence-corrected chi connectivity index (χ2v) is 6.27. The first-order valence-corrected chi connectivity index (χ1v) is 9.06. The highest BCUT2D eigenvalue weighted by Gasteiger charge is 2.08. The predicted molar refractivity (Wildman–Crippen MR) is 104 cm³/mol. The summed E-state index contributed by atoms with van der Waals surface area (Å²) in [5, 5.41) is 0.514. The first kappa shape index (κ1) is 18.1. The second kappa shape index (κ2) is 8.56. The molecule has 4 heteroatoms. The molecule has 1 aromatic heterocycles. The number of fused-ring (bicyclic) bond motifs is 1. The maximum Gasteiger partial charge on any atom is 0.193 e. The molecule has 0 fully saturated rings. The monoisotopic (exact) mass is 352 g/mol. The zero-order chi connectivity index (χ0) is 18.4. The number of hydrogen-bond acceptors (Lipinski definition) is 4. The van der Waals surface area contributed by atoms with Gasteiger partial charge in [0, 0.05) is 11.6 Å². The normalized spacial score (nSPS) is 10.8. The molecule has 1 heterocycles. The van der Waals surface area contributed by atoms with Crippen LogP contribution < -0.4 is 14.9 Å². The molecule has 0 unspecified atom stereocenters. The molecule has 0 spiro atoms. The topological polar surface area (TPSA) is 48.7 Å². The molecule has 3 aromatic rings. The van der Waals surface area contributed by atoms with E-state index in [2.05, 4.69) is 6.92 Å². The fourth-order valence-electron chi connectivity index (χ4n) is 2.84. The lowest BCUT2D eigenvalue weighted by Gasteiger charge is -2.08. The highest BCUT2D eigenvalue weighted by Crippen LogP contribution is 2.26. The van der Waals surface area contributed by atoms with E-state index in [1.54, 1.807) is 25.3 Å². The molecule has 0 radical (unpaired) electrons. The Bertz CT molecular complexity index is 910. The summed E-state index contributed by atoms with van der Waals surface area (Å²) in [4.78, 5) is 12.4. The summed E-state index contributed by atoms with van der Waals surface area (Å²) in [6, 6.07) is 14.4. The number of benzene rings is 2. The number of unbranched alkanes of at least 4 members (excludes halogenated alkanes) is 3. The largest absolute Gasteiger partial charge is 0.497 e. The Hall–Kier alpha value is -2.75. The van der Waals surface area contributed by atoms with Gasteiger partial charge in [0.2, 0.25) is 0 Å². The van der Waals surface area contributed by atoms with Gasteiger partial charge >= 0.3 is 0 Å². The summed E-state index contributed by atoms with van der Waals surface area (Å²) in [6.07, 6.45) is 4.73. The van der Waals surface area contributed by atoms with Crippen molar-refractivity contribution in [3.05, 3.63) is 58.8 Å². The van der Waals surface area contributed by atoms with Crippen LogP contribution in [0.15, 0.2) is 57.7 Å². The quantitative estimate of drug-likeness (QED) is 0.507. The van der Waals surface area contributed by atoms with Crippen LogP contribution in [0.5, 0.6) is 11.5 Å². The number of ether oxygens (including phenoxy) is 2. The minimum absolute atomic E-state index is 0.0867. The smallest absolute Gasteiger partial charge is 0.193 e. The Morgan fingerprint density at radius 2 is 1.69 bits per heavy atom. The van der Waals surface area contributed by atoms with Crippen LogP contribution in [-0.2, 0) is 0 Å². The van der Waals surface area contributed by atoms with E-state index >= 15 is 0 Å². The molecule has 0 aliphatic rings. The summed E-state index contributed by atoms with van der Waals surface area (Å²) in [6.45, 7) is 2.92. The fraction of sp³-hybridized carbons (Fsp3) is 0.318.